The predicted molar refractivity (Wildman–Crippen MR) is 99.3 cm³/mol. The number of hydrogen-bond acceptors (Lipinski definition) is 4. The molecule has 9 heteroatoms. The Bertz CT molecular complexity index is 1010. The summed E-state index contributed by atoms with van der Waals surface area (Å²) in [6, 6.07) is 2.53. The third-order valence-corrected chi connectivity index (χ3v) is 5.24. The fourth-order valence-corrected chi connectivity index (χ4v) is 3.81. The zero-order valence-electron chi connectivity index (χ0n) is 15.7. The van der Waals surface area contributed by atoms with Crippen molar-refractivity contribution < 1.29 is 17.6 Å². The third kappa shape index (κ3) is 4.39. The summed E-state index contributed by atoms with van der Waals surface area (Å²) in [5, 5.41) is 0. The van der Waals surface area contributed by atoms with Gasteiger partial charge in [0.1, 0.15) is 5.82 Å². The molecule has 0 aliphatic carbocycles. The minimum atomic E-state index is -4.61. The normalized spacial score (nSPS) is 17.7. The van der Waals surface area contributed by atoms with Gasteiger partial charge in [-0.25, -0.2) is 9.37 Å². The van der Waals surface area contributed by atoms with Gasteiger partial charge in [0.15, 0.2) is 5.82 Å². The Hall–Kier alpha value is -2.55. The molecule has 0 radical (unpaired) electrons. The molecule has 0 bridgehead atoms. The van der Waals surface area contributed by atoms with Gasteiger partial charge in [-0.15, -0.1) is 0 Å². The van der Waals surface area contributed by atoms with Crippen LogP contribution in [0.4, 0.5) is 17.6 Å². The Morgan fingerprint density at radius 2 is 1.97 bits per heavy atom. The van der Waals surface area contributed by atoms with Crippen LogP contribution in [0.5, 0.6) is 0 Å². The van der Waals surface area contributed by atoms with Gasteiger partial charge in [-0.2, -0.15) is 13.2 Å². The first kappa shape index (κ1) is 19.8. The first-order valence-corrected chi connectivity index (χ1v) is 9.54. The van der Waals surface area contributed by atoms with Crippen LogP contribution in [0.15, 0.2) is 28.0 Å². The minimum Gasteiger partial charge on any atom is -0.305 e. The Morgan fingerprint density at radius 3 is 2.69 bits per heavy atom. The lowest BCUT2D eigenvalue weighted by molar-refractivity contribution is -0.137. The molecule has 154 valence electrons. The predicted octanol–water partition coefficient (Wildman–Crippen LogP) is 3.46. The van der Waals surface area contributed by atoms with Crippen LogP contribution in [-0.4, -0.2) is 33.7 Å². The van der Waals surface area contributed by atoms with E-state index in [4.69, 9.17) is 0 Å². The molecule has 0 atom stereocenters. The molecule has 1 aromatic heterocycles. The van der Waals surface area contributed by atoms with Crippen molar-refractivity contribution in [1.82, 2.24) is 14.9 Å². The molecule has 0 saturated carbocycles. The van der Waals surface area contributed by atoms with Crippen LogP contribution >= 0.6 is 0 Å². The SMILES string of the molecule is O=c1[nH]c(C2=NCCCC2)nc2c1CN(Cc1cc(F)cc(C(F)(F)F)c1)CC2. The number of nitrogens with one attached hydrogen (secondary N) is 1. The summed E-state index contributed by atoms with van der Waals surface area (Å²) in [5.41, 5.74) is 0.976. The van der Waals surface area contributed by atoms with Crippen LogP contribution in [0, 0.1) is 5.82 Å². The van der Waals surface area contributed by atoms with Crippen LogP contribution in [0.3, 0.4) is 0 Å². The first-order chi connectivity index (χ1) is 13.8. The number of aromatic nitrogens is 2. The second-order valence-electron chi connectivity index (χ2n) is 7.43. The number of halogens is 4. The van der Waals surface area contributed by atoms with Crippen molar-refractivity contribution in [3.8, 4) is 0 Å². The molecule has 2 aromatic rings. The first-order valence-electron chi connectivity index (χ1n) is 9.54. The number of aliphatic imine (C=N–C) groups is 1. The molecule has 1 N–H and O–H groups in total. The Morgan fingerprint density at radius 1 is 1.14 bits per heavy atom. The largest absolute Gasteiger partial charge is 0.416 e. The lowest BCUT2D eigenvalue weighted by Gasteiger charge is -2.28. The average Bonchev–Trinajstić information content (AvgIpc) is 2.68. The monoisotopic (exact) mass is 408 g/mol. The molecule has 3 heterocycles. The highest BCUT2D eigenvalue weighted by Crippen LogP contribution is 2.31. The molecule has 0 saturated heterocycles. The summed E-state index contributed by atoms with van der Waals surface area (Å²) in [6.07, 6.45) is -1.27. The van der Waals surface area contributed by atoms with E-state index in [9.17, 15) is 22.4 Å². The summed E-state index contributed by atoms with van der Waals surface area (Å²) in [7, 11) is 0. The van der Waals surface area contributed by atoms with Gasteiger partial charge in [0.2, 0.25) is 0 Å². The van der Waals surface area contributed by atoms with E-state index in [0.717, 1.165) is 43.7 Å². The van der Waals surface area contributed by atoms with E-state index in [1.807, 2.05) is 4.90 Å². The number of rotatable bonds is 3. The summed E-state index contributed by atoms with van der Waals surface area (Å²) < 4.78 is 52.4. The van der Waals surface area contributed by atoms with Crippen molar-refractivity contribution in [1.29, 1.82) is 0 Å². The molecule has 0 fully saturated rings. The summed E-state index contributed by atoms with van der Waals surface area (Å²) in [5.74, 6) is -0.411. The van der Waals surface area contributed by atoms with E-state index in [0.29, 0.717) is 36.1 Å². The molecule has 2 aliphatic rings. The minimum absolute atomic E-state index is 0.119. The van der Waals surface area contributed by atoms with E-state index < -0.39 is 17.6 Å². The average molecular weight is 408 g/mol. The van der Waals surface area contributed by atoms with E-state index >= 15 is 0 Å². The van der Waals surface area contributed by atoms with Crippen molar-refractivity contribution >= 4 is 5.71 Å². The maximum absolute atomic E-state index is 13.6. The van der Waals surface area contributed by atoms with Crippen LogP contribution in [0.1, 0.15) is 47.5 Å². The highest BCUT2D eigenvalue weighted by molar-refractivity contribution is 5.97. The lowest BCUT2D eigenvalue weighted by atomic mass is 10.0. The number of hydrogen-bond donors (Lipinski definition) is 1. The zero-order valence-corrected chi connectivity index (χ0v) is 15.7. The van der Waals surface area contributed by atoms with Gasteiger partial charge in [0.05, 0.1) is 22.5 Å². The quantitative estimate of drug-likeness (QED) is 0.792. The number of fused-ring (bicyclic) bond motifs is 1. The van der Waals surface area contributed by atoms with Gasteiger partial charge >= 0.3 is 6.18 Å². The van der Waals surface area contributed by atoms with Gasteiger partial charge in [-0.3, -0.25) is 14.7 Å². The van der Waals surface area contributed by atoms with Crippen LogP contribution in [0.2, 0.25) is 0 Å². The number of benzene rings is 1. The third-order valence-electron chi connectivity index (χ3n) is 5.24. The molecule has 1 aromatic carbocycles. The van der Waals surface area contributed by atoms with Crippen molar-refractivity contribution in [3.63, 3.8) is 0 Å². The van der Waals surface area contributed by atoms with Gasteiger partial charge in [-0.1, -0.05) is 0 Å². The molecule has 29 heavy (non-hydrogen) atoms. The maximum atomic E-state index is 13.6. The van der Waals surface area contributed by atoms with E-state index in [-0.39, 0.29) is 24.2 Å². The van der Waals surface area contributed by atoms with E-state index in [2.05, 4.69) is 15.0 Å². The zero-order chi connectivity index (χ0) is 20.6. The second kappa shape index (κ2) is 7.70. The molecule has 4 rings (SSSR count). The Labute approximate surface area is 164 Å². The smallest absolute Gasteiger partial charge is 0.305 e. The number of aromatic amines is 1. The number of H-pyrrole nitrogens is 1. The molecule has 5 nitrogen and oxygen atoms in total. The van der Waals surface area contributed by atoms with Gasteiger partial charge in [0.25, 0.3) is 5.56 Å². The van der Waals surface area contributed by atoms with Crippen LogP contribution in [-0.2, 0) is 25.7 Å². The van der Waals surface area contributed by atoms with Crippen molar-refractivity contribution in [3.05, 3.63) is 62.6 Å². The topological polar surface area (TPSA) is 61.4 Å². The maximum Gasteiger partial charge on any atom is 0.416 e. The molecular formula is C20H20F4N4O. The van der Waals surface area contributed by atoms with Crippen molar-refractivity contribution in [2.45, 2.75) is 44.9 Å². The highest BCUT2D eigenvalue weighted by Gasteiger charge is 2.31. The van der Waals surface area contributed by atoms with Crippen molar-refractivity contribution in [2.24, 2.45) is 4.99 Å². The lowest BCUT2D eigenvalue weighted by Crippen LogP contribution is -2.36. The Balaban J connectivity index is 1.54. The Kier molecular flexibility index (Phi) is 5.24. The van der Waals surface area contributed by atoms with Gasteiger partial charge in [-0.05, 0) is 43.0 Å². The highest BCUT2D eigenvalue weighted by atomic mass is 19.4. The number of alkyl halides is 3. The van der Waals surface area contributed by atoms with Crippen molar-refractivity contribution in [2.75, 3.05) is 13.1 Å². The summed E-state index contributed by atoms with van der Waals surface area (Å²) in [6.45, 7) is 1.63. The molecule has 2 aliphatic heterocycles. The van der Waals surface area contributed by atoms with Crippen LogP contribution in [0.25, 0.3) is 0 Å². The standard InChI is InChI=1S/C20H20F4N4O/c21-14-8-12(7-13(9-14)20(22,23)24)10-28-6-4-16-15(11-28)19(29)27-18(26-16)17-3-1-2-5-25-17/h7-9H,1-6,10-11H2,(H,26,27,29). The van der Waals surface area contributed by atoms with Crippen LogP contribution < -0.4 is 5.56 Å². The fourth-order valence-electron chi connectivity index (χ4n) is 3.81. The molecule has 0 amide bonds. The van der Waals surface area contributed by atoms with E-state index in [1.54, 1.807) is 0 Å². The van der Waals surface area contributed by atoms with Gasteiger partial charge in [0, 0.05) is 32.6 Å². The molecule has 0 spiro atoms. The molecule has 0 unspecified atom stereocenters. The van der Waals surface area contributed by atoms with Gasteiger partial charge < -0.3 is 4.98 Å². The fraction of sp³-hybridized carbons (Fsp3) is 0.450. The summed E-state index contributed by atoms with van der Waals surface area (Å²) in [4.78, 5) is 26.2. The number of nitrogens with zero attached hydrogens (tertiary/aromatic N) is 3. The van der Waals surface area contributed by atoms with E-state index in [1.165, 1.54) is 0 Å². The summed E-state index contributed by atoms with van der Waals surface area (Å²) >= 11 is 0. The molecular weight excluding hydrogens is 388 g/mol. The second-order valence-corrected chi connectivity index (χ2v) is 7.43.